The van der Waals surface area contributed by atoms with E-state index in [1.165, 1.54) is 0 Å². The van der Waals surface area contributed by atoms with E-state index in [9.17, 15) is 4.79 Å². The lowest BCUT2D eigenvalue weighted by Gasteiger charge is -2.21. The number of aldehydes is 1. The molecule has 17 heavy (non-hydrogen) atoms. The third-order valence-electron chi connectivity index (χ3n) is 3.21. The molecule has 0 atom stereocenters. The summed E-state index contributed by atoms with van der Waals surface area (Å²) in [4.78, 5) is 15.2. The lowest BCUT2D eigenvalue weighted by atomic mass is 9.80. The number of carbonyl (C=O) groups excluding carboxylic acids is 1. The molecule has 0 aromatic heterocycles. The van der Waals surface area contributed by atoms with Crippen LogP contribution in [0.1, 0.15) is 32.8 Å². The average Bonchev–Trinajstić information content (AvgIpc) is 2.53. The van der Waals surface area contributed by atoms with E-state index in [-0.39, 0.29) is 5.41 Å². The minimum absolute atomic E-state index is 0.177. The second-order valence-electron chi connectivity index (χ2n) is 4.67. The Labute approximate surface area is 102 Å². The van der Waals surface area contributed by atoms with Gasteiger partial charge in [0.1, 0.15) is 12.0 Å². The minimum Gasteiger partial charge on any atom is -0.494 e. The number of carbonyl (C=O) groups is 1. The van der Waals surface area contributed by atoms with Crippen LogP contribution in [0.25, 0.3) is 0 Å². The number of hydrogen-bond donors (Lipinski definition) is 0. The van der Waals surface area contributed by atoms with Gasteiger partial charge in [-0.3, -0.25) is 4.99 Å². The maximum Gasteiger partial charge on any atom is 0.125 e. The van der Waals surface area contributed by atoms with Gasteiger partial charge in [-0.1, -0.05) is 13.8 Å². The van der Waals surface area contributed by atoms with Gasteiger partial charge >= 0.3 is 0 Å². The molecule has 1 aromatic carbocycles. The highest BCUT2D eigenvalue weighted by Gasteiger charge is 2.34. The summed E-state index contributed by atoms with van der Waals surface area (Å²) in [5.41, 5.74) is 2.84. The molecule has 0 spiro atoms. The first-order valence-electron chi connectivity index (χ1n) is 5.88. The Bertz CT molecular complexity index is 475. The largest absolute Gasteiger partial charge is 0.494 e. The maximum atomic E-state index is 10.7. The van der Waals surface area contributed by atoms with Crippen molar-refractivity contribution < 1.29 is 9.53 Å². The molecule has 0 aliphatic carbocycles. The Morgan fingerprint density at radius 3 is 2.82 bits per heavy atom. The van der Waals surface area contributed by atoms with Crippen LogP contribution in [0.3, 0.4) is 0 Å². The van der Waals surface area contributed by atoms with Gasteiger partial charge in [0, 0.05) is 17.5 Å². The van der Waals surface area contributed by atoms with Gasteiger partial charge in [-0.25, -0.2) is 0 Å². The number of ether oxygens (including phenoxy) is 1. The molecule has 0 saturated heterocycles. The van der Waals surface area contributed by atoms with Crippen LogP contribution in [0.2, 0.25) is 0 Å². The van der Waals surface area contributed by atoms with Crippen LogP contribution >= 0.6 is 0 Å². The average molecular weight is 231 g/mol. The summed E-state index contributed by atoms with van der Waals surface area (Å²) in [6.45, 7) is 6.81. The van der Waals surface area contributed by atoms with Crippen molar-refractivity contribution in [1.82, 2.24) is 0 Å². The smallest absolute Gasteiger partial charge is 0.125 e. The molecule has 1 aromatic rings. The molecule has 90 valence electrons. The first-order chi connectivity index (χ1) is 8.09. The Kier molecular flexibility index (Phi) is 3.01. The molecular formula is C14H17NO2. The predicted molar refractivity (Wildman–Crippen MR) is 68.4 cm³/mol. The van der Waals surface area contributed by atoms with Gasteiger partial charge in [-0.2, -0.15) is 0 Å². The molecule has 0 N–H and O–H groups in total. The SMILES string of the molecule is CCOc1ccc2c(c1)C(C)(C)C(CC=O)=N2. The van der Waals surface area contributed by atoms with Gasteiger partial charge in [-0.15, -0.1) is 0 Å². The number of benzene rings is 1. The number of aliphatic imine (C=N–C) groups is 1. The van der Waals surface area contributed by atoms with Crippen molar-refractivity contribution in [2.75, 3.05) is 6.61 Å². The Morgan fingerprint density at radius 2 is 2.18 bits per heavy atom. The summed E-state index contributed by atoms with van der Waals surface area (Å²) in [6, 6.07) is 5.91. The fraction of sp³-hybridized carbons (Fsp3) is 0.429. The highest BCUT2D eigenvalue weighted by Crippen LogP contribution is 2.42. The molecule has 3 heteroatoms. The molecule has 0 saturated carbocycles. The van der Waals surface area contributed by atoms with Crippen molar-refractivity contribution >= 4 is 17.7 Å². The predicted octanol–water partition coefficient (Wildman–Crippen LogP) is 3.04. The van der Waals surface area contributed by atoms with Gasteiger partial charge in [0.15, 0.2) is 0 Å². The van der Waals surface area contributed by atoms with Crippen molar-refractivity contribution in [1.29, 1.82) is 0 Å². The zero-order chi connectivity index (χ0) is 12.5. The summed E-state index contributed by atoms with van der Waals surface area (Å²) in [7, 11) is 0. The van der Waals surface area contributed by atoms with E-state index in [0.29, 0.717) is 13.0 Å². The van der Waals surface area contributed by atoms with Crippen LogP contribution in [0.5, 0.6) is 5.75 Å². The molecule has 2 rings (SSSR count). The third kappa shape index (κ3) is 1.97. The van der Waals surface area contributed by atoms with Crippen molar-refractivity contribution in [2.24, 2.45) is 4.99 Å². The van der Waals surface area contributed by atoms with Crippen LogP contribution in [-0.2, 0) is 10.2 Å². The fourth-order valence-electron chi connectivity index (χ4n) is 2.19. The third-order valence-corrected chi connectivity index (χ3v) is 3.21. The van der Waals surface area contributed by atoms with Gasteiger partial charge in [0.2, 0.25) is 0 Å². The standard InChI is InChI=1S/C14H17NO2/c1-4-17-10-5-6-12-11(9-10)14(2,3)13(15-12)7-8-16/h5-6,8-9H,4,7H2,1-3H3. The summed E-state index contributed by atoms with van der Waals surface area (Å²) in [5.74, 6) is 0.863. The van der Waals surface area contributed by atoms with Gasteiger partial charge < -0.3 is 9.53 Å². The highest BCUT2D eigenvalue weighted by atomic mass is 16.5. The second kappa shape index (κ2) is 4.32. The van der Waals surface area contributed by atoms with E-state index in [2.05, 4.69) is 18.8 Å². The lowest BCUT2D eigenvalue weighted by molar-refractivity contribution is -0.106. The molecule has 3 nitrogen and oxygen atoms in total. The highest BCUT2D eigenvalue weighted by molar-refractivity contribution is 6.06. The molecule has 0 amide bonds. The van der Waals surface area contributed by atoms with Crippen molar-refractivity contribution in [3.63, 3.8) is 0 Å². The van der Waals surface area contributed by atoms with Crippen LogP contribution in [0.4, 0.5) is 5.69 Å². The van der Waals surface area contributed by atoms with E-state index in [1.54, 1.807) is 0 Å². The Balaban J connectivity index is 2.40. The topological polar surface area (TPSA) is 38.7 Å². The van der Waals surface area contributed by atoms with Crippen molar-refractivity contribution in [2.45, 2.75) is 32.6 Å². The summed E-state index contributed by atoms with van der Waals surface area (Å²) in [5, 5.41) is 0. The maximum absolute atomic E-state index is 10.7. The van der Waals surface area contributed by atoms with E-state index >= 15 is 0 Å². The molecule has 1 aliphatic heterocycles. The minimum atomic E-state index is -0.177. The first kappa shape index (κ1) is 11.8. The number of hydrogen-bond acceptors (Lipinski definition) is 3. The number of nitrogens with zero attached hydrogens (tertiary/aromatic N) is 1. The summed E-state index contributed by atoms with van der Waals surface area (Å²) in [6.07, 6.45) is 1.31. The summed E-state index contributed by atoms with van der Waals surface area (Å²) >= 11 is 0. The van der Waals surface area contributed by atoms with Crippen LogP contribution in [0.15, 0.2) is 23.2 Å². The van der Waals surface area contributed by atoms with Crippen LogP contribution < -0.4 is 4.74 Å². The first-order valence-corrected chi connectivity index (χ1v) is 5.88. The normalized spacial score (nSPS) is 16.3. The monoisotopic (exact) mass is 231 g/mol. The quantitative estimate of drug-likeness (QED) is 0.747. The zero-order valence-electron chi connectivity index (χ0n) is 10.5. The fourth-order valence-corrected chi connectivity index (χ4v) is 2.19. The Hall–Kier alpha value is -1.64. The van der Waals surface area contributed by atoms with Gasteiger partial charge in [-0.05, 0) is 30.7 Å². The zero-order valence-corrected chi connectivity index (χ0v) is 10.5. The van der Waals surface area contributed by atoms with Crippen LogP contribution in [0, 0.1) is 0 Å². The summed E-state index contributed by atoms with van der Waals surface area (Å²) < 4.78 is 5.50. The van der Waals surface area contributed by atoms with E-state index in [0.717, 1.165) is 29.0 Å². The van der Waals surface area contributed by atoms with Gasteiger partial charge in [0.25, 0.3) is 0 Å². The number of rotatable bonds is 4. The second-order valence-corrected chi connectivity index (χ2v) is 4.67. The molecule has 0 radical (unpaired) electrons. The van der Waals surface area contributed by atoms with Gasteiger partial charge in [0.05, 0.1) is 12.3 Å². The van der Waals surface area contributed by atoms with Crippen molar-refractivity contribution in [3.05, 3.63) is 23.8 Å². The molecule has 1 heterocycles. The van der Waals surface area contributed by atoms with E-state index in [1.807, 2.05) is 25.1 Å². The molecule has 0 bridgehead atoms. The van der Waals surface area contributed by atoms with E-state index < -0.39 is 0 Å². The van der Waals surface area contributed by atoms with Crippen LogP contribution in [-0.4, -0.2) is 18.6 Å². The van der Waals surface area contributed by atoms with Crippen molar-refractivity contribution in [3.8, 4) is 5.75 Å². The molecular weight excluding hydrogens is 214 g/mol. The molecule has 0 unspecified atom stereocenters. The lowest BCUT2D eigenvalue weighted by Crippen LogP contribution is -2.25. The van der Waals surface area contributed by atoms with E-state index in [4.69, 9.17) is 4.74 Å². The molecule has 1 aliphatic rings. The molecule has 0 fully saturated rings. The Morgan fingerprint density at radius 1 is 1.41 bits per heavy atom. The number of fused-ring (bicyclic) bond motifs is 1.